The van der Waals surface area contributed by atoms with Gasteiger partial charge >= 0.3 is 0 Å². The highest BCUT2D eigenvalue weighted by Gasteiger charge is 2.58. The molecule has 1 nitrogen and oxygen atoms in total. The predicted octanol–water partition coefficient (Wildman–Crippen LogP) is 14.3. The van der Waals surface area contributed by atoms with Gasteiger partial charge in [-0.1, -0.05) is 200 Å². The Balaban J connectivity index is 1.02. The first-order chi connectivity index (χ1) is 29.8. The van der Waals surface area contributed by atoms with E-state index < -0.39 is 10.8 Å². The Kier molecular flexibility index (Phi) is 6.92. The summed E-state index contributed by atoms with van der Waals surface area (Å²) < 4.78 is 0. The van der Waals surface area contributed by atoms with Gasteiger partial charge in [-0.05, 0) is 113 Å². The molecule has 1 aromatic heterocycles. The molecule has 0 N–H and O–H groups in total. The third kappa shape index (κ3) is 4.28. The van der Waals surface area contributed by atoms with Crippen molar-refractivity contribution < 1.29 is 0 Å². The number of fused-ring (bicyclic) bond motifs is 17. The molecule has 2 spiro atoms. The quantitative estimate of drug-likeness (QED) is 0.175. The van der Waals surface area contributed by atoms with Gasteiger partial charge in [-0.15, -0.1) is 0 Å². The Bertz CT molecular complexity index is 3300. The molecule has 0 radical (unpaired) electrons. The summed E-state index contributed by atoms with van der Waals surface area (Å²) in [4.78, 5) is 5.21. The highest BCUT2D eigenvalue weighted by atomic mass is 14.7. The number of hydrogen-bond donors (Lipinski definition) is 0. The van der Waals surface area contributed by atoms with Crippen molar-refractivity contribution in [1.82, 2.24) is 4.98 Å². The molecule has 10 aromatic rings. The normalized spacial score (nSPS) is 14.3. The van der Waals surface area contributed by atoms with Gasteiger partial charge in [0.05, 0.1) is 22.0 Å². The third-order valence-corrected chi connectivity index (χ3v) is 13.8. The van der Waals surface area contributed by atoms with Gasteiger partial charge in [0.2, 0.25) is 0 Å². The van der Waals surface area contributed by atoms with Crippen molar-refractivity contribution >= 4 is 10.9 Å². The largest absolute Gasteiger partial charge is 0.248 e. The van der Waals surface area contributed by atoms with Crippen LogP contribution in [-0.4, -0.2) is 4.98 Å². The van der Waals surface area contributed by atoms with Crippen LogP contribution in [-0.2, 0) is 10.8 Å². The van der Waals surface area contributed by atoms with Crippen molar-refractivity contribution in [3.8, 4) is 55.8 Å². The highest BCUT2D eigenvalue weighted by molar-refractivity contribution is 5.98. The molecule has 0 atom stereocenters. The summed E-state index contributed by atoms with van der Waals surface area (Å²) in [6, 6.07) is 83.5. The van der Waals surface area contributed by atoms with E-state index >= 15 is 0 Å². The second kappa shape index (κ2) is 12.4. The van der Waals surface area contributed by atoms with E-state index in [0.717, 1.165) is 22.2 Å². The number of nitrogens with zero attached hydrogens (tertiary/aromatic N) is 1. The first-order valence-corrected chi connectivity index (χ1v) is 21.0. The molecule has 3 aliphatic carbocycles. The van der Waals surface area contributed by atoms with Crippen molar-refractivity contribution in [2.45, 2.75) is 10.8 Å². The molecule has 0 saturated heterocycles. The van der Waals surface area contributed by atoms with Crippen LogP contribution < -0.4 is 0 Å². The van der Waals surface area contributed by atoms with Gasteiger partial charge < -0.3 is 0 Å². The van der Waals surface area contributed by atoms with E-state index in [2.05, 4.69) is 224 Å². The lowest BCUT2D eigenvalue weighted by molar-refractivity contribution is 0.633. The smallest absolute Gasteiger partial charge is 0.0720 e. The molecule has 13 rings (SSSR count). The first-order valence-electron chi connectivity index (χ1n) is 21.0. The van der Waals surface area contributed by atoms with Crippen LogP contribution in [0.4, 0.5) is 0 Å². The van der Waals surface area contributed by atoms with Gasteiger partial charge in [-0.3, -0.25) is 0 Å². The Morgan fingerprint density at radius 2 is 0.683 bits per heavy atom. The summed E-state index contributed by atoms with van der Waals surface area (Å²) >= 11 is 0. The van der Waals surface area contributed by atoms with Crippen LogP contribution in [0.5, 0.6) is 0 Å². The van der Waals surface area contributed by atoms with E-state index in [9.17, 15) is 0 Å². The predicted molar refractivity (Wildman–Crippen MR) is 246 cm³/mol. The fourth-order valence-electron chi connectivity index (χ4n) is 11.5. The van der Waals surface area contributed by atoms with Gasteiger partial charge in [0.15, 0.2) is 0 Å². The molecule has 0 amide bonds. The van der Waals surface area contributed by atoms with Crippen molar-refractivity contribution in [2.75, 3.05) is 0 Å². The summed E-state index contributed by atoms with van der Waals surface area (Å²) in [6.07, 6.45) is 0. The zero-order valence-corrected chi connectivity index (χ0v) is 32.8. The molecule has 0 saturated carbocycles. The fourth-order valence-corrected chi connectivity index (χ4v) is 11.5. The van der Waals surface area contributed by atoms with Crippen molar-refractivity contribution in [2.24, 2.45) is 0 Å². The number of para-hydroxylation sites is 1. The van der Waals surface area contributed by atoms with Crippen LogP contribution in [0.3, 0.4) is 0 Å². The molecular formula is C59H37N. The zero-order chi connectivity index (χ0) is 39.4. The number of aromatic nitrogens is 1. The summed E-state index contributed by atoms with van der Waals surface area (Å²) in [5.41, 5.74) is 22.9. The number of rotatable bonds is 3. The third-order valence-electron chi connectivity index (χ3n) is 13.8. The van der Waals surface area contributed by atoms with Gasteiger partial charge in [-0.2, -0.15) is 0 Å². The monoisotopic (exact) mass is 759 g/mol. The number of benzene rings is 9. The summed E-state index contributed by atoms with van der Waals surface area (Å²) in [6.45, 7) is 0. The van der Waals surface area contributed by atoms with E-state index in [1.165, 1.54) is 89.0 Å². The number of pyridine rings is 1. The van der Waals surface area contributed by atoms with E-state index in [1.54, 1.807) is 0 Å². The van der Waals surface area contributed by atoms with Gasteiger partial charge in [0, 0.05) is 10.9 Å². The maximum absolute atomic E-state index is 5.21. The van der Waals surface area contributed by atoms with Crippen molar-refractivity contribution in [3.05, 3.63) is 269 Å². The number of hydrogen-bond acceptors (Lipinski definition) is 1. The van der Waals surface area contributed by atoms with Crippen LogP contribution in [0.25, 0.3) is 66.7 Å². The van der Waals surface area contributed by atoms with E-state index in [-0.39, 0.29) is 0 Å². The second-order valence-corrected chi connectivity index (χ2v) is 16.5. The molecule has 0 bridgehead atoms. The molecule has 0 fully saturated rings. The van der Waals surface area contributed by atoms with Gasteiger partial charge in [0.25, 0.3) is 0 Å². The van der Waals surface area contributed by atoms with Crippen molar-refractivity contribution in [3.63, 3.8) is 0 Å². The highest BCUT2D eigenvalue weighted by Crippen LogP contribution is 2.67. The van der Waals surface area contributed by atoms with Gasteiger partial charge in [0.1, 0.15) is 0 Å². The molecule has 3 aliphatic rings. The Hall–Kier alpha value is -7.61. The standard InChI is InChI=1S/C59H37N/c1-2-17-38(18-3-1)46-37-57(60-56-32-15-7-24-45(46)56)41-20-16-19-39(35-41)40-33-34-51-47(36-40)44-23-6-10-27-50(44)59(51)54-30-13-11-28-52(54)58(53-29-12-14-31-55(53)59)48-25-8-4-21-42(48)43-22-5-9-26-49(43)58/h1-37H. The molecular weight excluding hydrogens is 723 g/mol. The maximum atomic E-state index is 5.21. The molecule has 60 heavy (non-hydrogen) atoms. The molecule has 0 unspecified atom stereocenters. The van der Waals surface area contributed by atoms with Crippen molar-refractivity contribution in [1.29, 1.82) is 0 Å². The Morgan fingerprint density at radius 1 is 0.250 bits per heavy atom. The lowest BCUT2D eigenvalue weighted by Crippen LogP contribution is -2.43. The minimum absolute atomic E-state index is 0.444. The molecule has 1 heteroatoms. The Morgan fingerprint density at radius 3 is 1.28 bits per heavy atom. The minimum atomic E-state index is -0.500. The average Bonchev–Trinajstić information content (AvgIpc) is 3.79. The summed E-state index contributed by atoms with van der Waals surface area (Å²) in [5.74, 6) is 0. The molecule has 0 aliphatic heterocycles. The van der Waals surface area contributed by atoms with E-state index in [0.29, 0.717) is 0 Å². The van der Waals surface area contributed by atoms with Crippen LogP contribution in [0, 0.1) is 0 Å². The Labute approximate surface area is 350 Å². The van der Waals surface area contributed by atoms with Crippen LogP contribution in [0.1, 0.15) is 44.5 Å². The minimum Gasteiger partial charge on any atom is -0.248 e. The van der Waals surface area contributed by atoms with E-state index in [1.807, 2.05) is 0 Å². The topological polar surface area (TPSA) is 12.9 Å². The van der Waals surface area contributed by atoms with Crippen LogP contribution in [0.2, 0.25) is 0 Å². The first kappa shape index (κ1) is 33.4. The lowest BCUT2D eigenvalue weighted by Gasteiger charge is -2.48. The maximum Gasteiger partial charge on any atom is 0.0720 e. The molecule has 9 aromatic carbocycles. The second-order valence-electron chi connectivity index (χ2n) is 16.5. The molecule has 278 valence electrons. The average molecular weight is 760 g/mol. The van der Waals surface area contributed by atoms with Crippen LogP contribution >= 0.6 is 0 Å². The summed E-state index contributed by atoms with van der Waals surface area (Å²) in [7, 11) is 0. The van der Waals surface area contributed by atoms with E-state index in [4.69, 9.17) is 4.98 Å². The van der Waals surface area contributed by atoms with Crippen LogP contribution in [0.15, 0.2) is 224 Å². The fraction of sp³-hybridized carbons (Fsp3) is 0.0339. The zero-order valence-electron chi connectivity index (χ0n) is 32.8. The SMILES string of the molecule is c1ccc(-c2cc(-c3cccc(-c4ccc5c(c4)-c4ccccc4C54c5ccccc5C5(c6ccccc6-c6ccccc65)c5ccccc54)c3)nc3ccccc23)cc1. The molecule has 1 heterocycles. The lowest BCUT2D eigenvalue weighted by atomic mass is 9.52. The van der Waals surface area contributed by atoms with Gasteiger partial charge in [-0.25, -0.2) is 4.98 Å². The summed E-state index contributed by atoms with van der Waals surface area (Å²) in [5, 5.41) is 1.16.